The molecule has 0 bridgehead atoms. The quantitative estimate of drug-likeness (QED) is 0.561. The van der Waals surface area contributed by atoms with Crippen molar-refractivity contribution in [2.45, 2.75) is 26.2 Å². The zero-order valence-corrected chi connectivity index (χ0v) is 12.8. The topological polar surface area (TPSA) is 107 Å². The molecule has 2 aromatic rings. The van der Waals surface area contributed by atoms with Crippen LogP contribution in [0.2, 0.25) is 0 Å². The van der Waals surface area contributed by atoms with Gasteiger partial charge < -0.3 is 26.2 Å². The fourth-order valence-electron chi connectivity index (χ4n) is 1.77. The van der Waals surface area contributed by atoms with Crippen LogP contribution >= 0.6 is 0 Å². The molecule has 1 unspecified atom stereocenters. The van der Waals surface area contributed by atoms with Crippen LogP contribution in [-0.2, 0) is 6.42 Å². The lowest BCUT2D eigenvalue weighted by Gasteiger charge is -2.09. The Hall–Kier alpha value is -2.40. The summed E-state index contributed by atoms with van der Waals surface area (Å²) >= 11 is 0. The fourth-order valence-corrected chi connectivity index (χ4v) is 1.77. The number of nitrogens with two attached hydrogens (primary N) is 1. The molecule has 0 aliphatic rings. The lowest BCUT2D eigenvalue weighted by atomic mass is 10.0. The van der Waals surface area contributed by atoms with Crippen LogP contribution < -0.4 is 5.73 Å². The van der Waals surface area contributed by atoms with Gasteiger partial charge in [0.2, 0.25) is 0 Å². The van der Waals surface area contributed by atoms with Crippen LogP contribution in [0.3, 0.4) is 0 Å². The van der Waals surface area contributed by atoms with E-state index in [0.717, 1.165) is 17.5 Å². The number of hydrogen-bond donors (Lipinski definition) is 5. The summed E-state index contributed by atoms with van der Waals surface area (Å²) in [6.07, 6.45) is 0.869. The molecule has 0 spiro atoms. The summed E-state index contributed by atoms with van der Waals surface area (Å²) in [5.41, 5.74) is 7.41. The van der Waals surface area contributed by atoms with E-state index in [1.807, 2.05) is 13.8 Å². The Bertz CT molecular complexity index is 614. The fraction of sp³-hybridized carbons (Fsp3) is 0.294. The van der Waals surface area contributed by atoms with Crippen molar-refractivity contribution in [3.8, 4) is 23.0 Å². The Kier molecular flexibility index (Phi) is 6.53. The Morgan fingerprint density at radius 1 is 0.864 bits per heavy atom. The minimum atomic E-state index is -0.0945. The van der Waals surface area contributed by atoms with Crippen LogP contribution in [0.5, 0.6) is 23.0 Å². The monoisotopic (exact) mass is 305 g/mol. The zero-order chi connectivity index (χ0) is 16.7. The van der Waals surface area contributed by atoms with Crippen LogP contribution in [0.15, 0.2) is 36.4 Å². The molecule has 0 radical (unpaired) electrons. The van der Waals surface area contributed by atoms with Crippen molar-refractivity contribution in [1.29, 1.82) is 0 Å². The summed E-state index contributed by atoms with van der Waals surface area (Å²) < 4.78 is 0. The van der Waals surface area contributed by atoms with Gasteiger partial charge in [0.1, 0.15) is 0 Å². The first kappa shape index (κ1) is 17.7. The van der Waals surface area contributed by atoms with E-state index in [1.54, 1.807) is 18.2 Å². The molecular weight excluding hydrogens is 282 g/mol. The van der Waals surface area contributed by atoms with Crippen LogP contribution in [0, 0.1) is 0 Å². The first-order valence-electron chi connectivity index (χ1n) is 7.11. The van der Waals surface area contributed by atoms with E-state index in [1.165, 1.54) is 18.2 Å². The largest absolute Gasteiger partial charge is 0.504 e. The van der Waals surface area contributed by atoms with Crippen molar-refractivity contribution < 1.29 is 20.4 Å². The molecule has 2 aromatic carbocycles. The number of phenolic OH excluding ortho intramolecular Hbond substituents is 4. The third-order valence-electron chi connectivity index (χ3n) is 3.37. The first-order valence-corrected chi connectivity index (χ1v) is 7.11. The number of aryl methyl sites for hydroxylation is 1. The molecule has 0 saturated heterocycles. The summed E-state index contributed by atoms with van der Waals surface area (Å²) in [5.74, 6) is -0.0798. The van der Waals surface area contributed by atoms with Gasteiger partial charge in [-0.2, -0.15) is 0 Å². The second kappa shape index (κ2) is 8.14. The summed E-state index contributed by atoms with van der Waals surface area (Å²) in [4.78, 5) is 0. The second-order valence-electron chi connectivity index (χ2n) is 5.06. The Morgan fingerprint density at radius 2 is 1.41 bits per heavy atom. The number of aromatic hydroxyl groups is 4. The lowest BCUT2D eigenvalue weighted by molar-refractivity contribution is 0.403. The van der Waals surface area contributed by atoms with E-state index in [0.29, 0.717) is 6.54 Å². The highest BCUT2D eigenvalue weighted by molar-refractivity contribution is 5.41. The lowest BCUT2D eigenvalue weighted by Crippen LogP contribution is -2.08. The van der Waals surface area contributed by atoms with Crippen LogP contribution in [-0.4, -0.2) is 27.0 Å². The predicted molar refractivity (Wildman–Crippen MR) is 86.4 cm³/mol. The summed E-state index contributed by atoms with van der Waals surface area (Å²) in [7, 11) is 0. The number of phenols is 4. The van der Waals surface area contributed by atoms with Gasteiger partial charge in [-0.1, -0.05) is 26.0 Å². The molecule has 0 aromatic heterocycles. The summed E-state index contributed by atoms with van der Waals surface area (Å²) in [6.45, 7) is 4.49. The Labute approximate surface area is 130 Å². The number of benzene rings is 2. The molecule has 0 heterocycles. The van der Waals surface area contributed by atoms with E-state index >= 15 is 0 Å². The maximum Gasteiger partial charge on any atom is 0.157 e. The van der Waals surface area contributed by atoms with Crippen LogP contribution in [0.1, 0.15) is 30.9 Å². The third-order valence-corrected chi connectivity index (χ3v) is 3.37. The molecule has 1 atom stereocenters. The van der Waals surface area contributed by atoms with Crippen molar-refractivity contribution >= 4 is 0 Å². The molecule has 0 amide bonds. The molecule has 0 fully saturated rings. The van der Waals surface area contributed by atoms with E-state index in [2.05, 4.69) is 0 Å². The smallest absolute Gasteiger partial charge is 0.157 e. The van der Waals surface area contributed by atoms with Crippen molar-refractivity contribution in [1.82, 2.24) is 0 Å². The molecule has 5 nitrogen and oxygen atoms in total. The van der Waals surface area contributed by atoms with E-state index in [4.69, 9.17) is 26.2 Å². The van der Waals surface area contributed by atoms with Gasteiger partial charge in [-0.15, -0.1) is 0 Å². The van der Waals surface area contributed by atoms with Gasteiger partial charge in [-0.05, 0) is 54.3 Å². The molecule has 0 aliphatic carbocycles. The van der Waals surface area contributed by atoms with Crippen molar-refractivity contribution in [2.24, 2.45) is 5.73 Å². The highest BCUT2D eigenvalue weighted by atomic mass is 16.3. The average Bonchev–Trinajstić information content (AvgIpc) is 2.52. The van der Waals surface area contributed by atoms with Gasteiger partial charge in [0.25, 0.3) is 0 Å². The molecular formula is C17H23NO4. The minimum Gasteiger partial charge on any atom is -0.504 e. The SMILES string of the molecule is CC(CN)c1ccc(O)c(O)c1.CCc1ccc(O)c(O)c1. The molecule has 0 saturated carbocycles. The van der Waals surface area contributed by atoms with Gasteiger partial charge in [0, 0.05) is 0 Å². The van der Waals surface area contributed by atoms with Crippen molar-refractivity contribution in [3.05, 3.63) is 47.5 Å². The van der Waals surface area contributed by atoms with Crippen molar-refractivity contribution in [2.75, 3.05) is 6.54 Å². The van der Waals surface area contributed by atoms with Crippen LogP contribution in [0.25, 0.3) is 0 Å². The highest BCUT2D eigenvalue weighted by Crippen LogP contribution is 2.28. The minimum absolute atomic E-state index is 0.0423. The van der Waals surface area contributed by atoms with E-state index < -0.39 is 0 Å². The van der Waals surface area contributed by atoms with Gasteiger partial charge in [0.05, 0.1) is 0 Å². The Balaban J connectivity index is 0.000000224. The number of rotatable bonds is 3. The maximum absolute atomic E-state index is 9.15. The molecule has 6 N–H and O–H groups in total. The van der Waals surface area contributed by atoms with E-state index in [-0.39, 0.29) is 28.9 Å². The highest BCUT2D eigenvalue weighted by Gasteiger charge is 2.05. The second-order valence-corrected chi connectivity index (χ2v) is 5.06. The van der Waals surface area contributed by atoms with Gasteiger partial charge >= 0.3 is 0 Å². The average molecular weight is 305 g/mol. The van der Waals surface area contributed by atoms with Gasteiger partial charge in [0.15, 0.2) is 23.0 Å². The summed E-state index contributed by atoms with van der Waals surface area (Å²) in [6, 6.07) is 9.61. The van der Waals surface area contributed by atoms with E-state index in [9.17, 15) is 0 Å². The molecule has 120 valence electrons. The molecule has 0 aliphatic heterocycles. The summed E-state index contributed by atoms with van der Waals surface area (Å²) in [5, 5.41) is 36.0. The van der Waals surface area contributed by atoms with Crippen LogP contribution in [0.4, 0.5) is 0 Å². The third kappa shape index (κ3) is 4.86. The number of hydrogen-bond acceptors (Lipinski definition) is 5. The molecule has 22 heavy (non-hydrogen) atoms. The molecule has 2 rings (SSSR count). The standard InChI is InChI=1S/C9H13NO2.C8H10O2/c1-6(5-10)7-2-3-8(11)9(12)4-7;1-2-6-3-4-7(9)8(10)5-6/h2-4,6,11-12H,5,10H2,1H3;3-5,9-10H,2H2,1H3. The van der Waals surface area contributed by atoms with Crippen molar-refractivity contribution in [3.63, 3.8) is 0 Å². The Morgan fingerprint density at radius 3 is 1.86 bits per heavy atom. The first-order chi connectivity index (χ1) is 10.4. The maximum atomic E-state index is 9.15. The zero-order valence-electron chi connectivity index (χ0n) is 12.8. The van der Waals surface area contributed by atoms with Gasteiger partial charge in [-0.3, -0.25) is 0 Å². The predicted octanol–water partition coefficient (Wildman–Crippen LogP) is 2.82. The molecule has 5 heteroatoms. The normalized spacial score (nSPS) is 11.4. The van der Waals surface area contributed by atoms with Gasteiger partial charge in [-0.25, -0.2) is 0 Å².